The highest BCUT2D eigenvalue weighted by molar-refractivity contribution is 5.71. The van der Waals surface area contributed by atoms with E-state index in [1.807, 2.05) is 0 Å². The van der Waals surface area contributed by atoms with Gasteiger partial charge in [-0.1, -0.05) is 0 Å². The molecule has 0 spiro atoms. The monoisotopic (exact) mass is 170 g/mol. The topological polar surface area (TPSA) is 96.2 Å². The van der Waals surface area contributed by atoms with Crippen LogP contribution in [-0.2, 0) is 11.2 Å². The van der Waals surface area contributed by atoms with Crippen molar-refractivity contribution in [3.05, 3.63) is 28.1 Å². The number of nitro groups is 1. The average Bonchev–Trinajstić information content (AvgIpc) is 2.33. The number of rotatable bonds is 3. The Morgan fingerprint density at radius 2 is 2.42 bits per heavy atom. The smallest absolute Gasteiger partial charge is 0.309 e. The predicted molar refractivity (Wildman–Crippen MR) is 38.8 cm³/mol. The fourth-order valence-corrected chi connectivity index (χ4v) is 0.860. The lowest BCUT2D eigenvalue weighted by molar-refractivity contribution is -0.385. The molecule has 0 aromatic carbocycles. The Morgan fingerprint density at radius 3 is 2.92 bits per heavy atom. The molecule has 0 atom stereocenters. The number of nitrogens with zero attached hydrogens (tertiary/aromatic N) is 1. The summed E-state index contributed by atoms with van der Waals surface area (Å²) in [6.45, 7) is 0. The molecule has 0 unspecified atom stereocenters. The van der Waals surface area contributed by atoms with Crippen molar-refractivity contribution in [1.82, 2.24) is 4.98 Å². The number of aromatic nitrogens is 1. The molecule has 2 N–H and O–H groups in total. The number of carboxylic acids is 1. The lowest BCUT2D eigenvalue weighted by atomic mass is 10.3. The molecule has 1 aromatic heterocycles. The Balaban J connectivity index is 2.91. The minimum atomic E-state index is -1.10. The second kappa shape index (κ2) is 3.04. The van der Waals surface area contributed by atoms with Crippen LogP contribution in [0.25, 0.3) is 0 Å². The Kier molecular flexibility index (Phi) is 2.09. The third-order valence-corrected chi connectivity index (χ3v) is 1.33. The number of carboxylic acid groups (broad SMARTS) is 1. The first-order valence-corrected chi connectivity index (χ1v) is 3.13. The van der Waals surface area contributed by atoms with Crippen LogP contribution in [0.5, 0.6) is 0 Å². The summed E-state index contributed by atoms with van der Waals surface area (Å²) in [5.74, 6) is -1.10. The molecule has 0 radical (unpaired) electrons. The normalized spacial score (nSPS) is 9.67. The van der Waals surface area contributed by atoms with Crippen molar-refractivity contribution in [1.29, 1.82) is 0 Å². The van der Waals surface area contributed by atoms with Gasteiger partial charge in [0, 0.05) is 12.3 Å². The summed E-state index contributed by atoms with van der Waals surface area (Å²) in [6, 6.07) is 1.23. The minimum Gasteiger partial charge on any atom is -0.481 e. The standard InChI is InChI=1S/C6H6N2O4/c9-6(10)3-4-5(8(11)12)1-2-7-4/h1-2,7H,3H2,(H,9,10). The lowest BCUT2D eigenvalue weighted by Gasteiger charge is -1.91. The van der Waals surface area contributed by atoms with Crippen molar-refractivity contribution in [2.24, 2.45) is 0 Å². The van der Waals surface area contributed by atoms with E-state index in [0.29, 0.717) is 0 Å². The Hall–Kier alpha value is -1.85. The van der Waals surface area contributed by atoms with E-state index in [1.165, 1.54) is 12.3 Å². The fourth-order valence-electron chi connectivity index (χ4n) is 0.860. The lowest BCUT2D eigenvalue weighted by Crippen LogP contribution is -2.02. The number of aromatic amines is 1. The van der Waals surface area contributed by atoms with Gasteiger partial charge in [-0.15, -0.1) is 0 Å². The van der Waals surface area contributed by atoms with Crippen molar-refractivity contribution >= 4 is 11.7 Å². The van der Waals surface area contributed by atoms with Gasteiger partial charge in [0.1, 0.15) is 5.69 Å². The van der Waals surface area contributed by atoms with E-state index in [9.17, 15) is 14.9 Å². The molecule has 6 nitrogen and oxygen atoms in total. The van der Waals surface area contributed by atoms with Crippen molar-refractivity contribution < 1.29 is 14.8 Å². The number of H-pyrrole nitrogens is 1. The molecule has 0 fully saturated rings. The average molecular weight is 170 g/mol. The van der Waals surface area contributed by atoms with Gasteiger partial charge in [0.2, 0.25) is 0 Å². The largest absolute Gasteiger partial charge is 0.481 e. The first-order valence-electron chi connectivity index (χ1n) is 3.13. The molecule has 0 amide bonds. The molecule has 0 aliphatic carbocycles. The van der Waals surface area contributed by atoms with Gasteiger partial charge in [-0.2, -0.15) is 0 Å². The summed E-state index contributed by atoms with van der Waals surface area (Å²) in [4.78, 5) is 22.3. The molecule has 0 saturated heterocycles. The number of carbonyl (C=O) groups is 1. The highest BCUT2D eigenvalue weighted by atomic mass is 16.6. The Bertz CT molecular complexity index is 317. The van der Waals surface area contributed by atoms with Crippen LogP contribution in [0, 0.1) is 10.1 Å². The summed E-state index contributed by atoms with van der Waals surface area (Å²) < 4.78 is 0. The summed E-state index contributed by atoms with van der Waals surface area (Å²) in [6.07, 6.45) is 0.986. The van der Waals surface area contributed by atoms with Gasteiger partial charge in [-0.05, 0) is 0 Å². The van der Waals surface area contributed by atoms with E-state index in [4.69, 9.17) is 5.11 Å². The third kappa shape index (κ3) is 1.60. The molecule has 12 heavy (non-hydrogen) atoms. The van der Waals surface area contributed by atoms with Crippen LogP contribution in [0.4, 0.5) is 5.69 Å². The zero-order chi connectivity index (χ0) is 9.14. The van der Waals surface area contributed by atoms with Crippen molar-refractivity contribution in [3.63, 3.8) is 0 Å². The summed E-state index contributed by atoms with van der Waals surface area (Å²) >= 11 is 0. The van der Waals surface area contributed by atoms with Gasteiger partial charge in [0.25, 0.3) is 5.69 Å². The molecule has 1 aromatic rings. The highest BCUT2D eigenvalue weighted by Crippen LogP contribution is 2.16. The molecule has 0 bridgehead atoms. The van der Waals surface area contributed by atoms with Crippen LogP contribution in [0.1, 0.15) is 5.69 Å². The van der Waals surface area contributed by atoms with E-state index >= 15 is 0 Å². The number of aliphatic carboxylic acids is 1. The van der Waals surface area contributed by atoms with E-state index < -0.39 is 10.9 Å². The van der Waals surface area contributed by atoms with Crippen molar-refractivity contribution in [2.75, 3.05) is 0 Å². The molecule has 0 aliphatic heterocycles. The minimum absolute atomic E-state index is 0.118. The molecule has 6 heteroatoms. The van der Waals surface area contributed by atoms with Crippen molar-refractivity contribution in [2.45, 2.75) is 6.42 Å². The van der Waals surface area contributed by atoms with Gasteiger partial charge in [0.05, 0.1) is 11.3 Å². The molecule has 64 valence electrons. The van der Waals surface area contributed by atoms with Crippen LogP contribution in [0.3, 0.4) is 0 Å². The Morgan fingerprint density at radius 1 is 1.75 bits per heavy atom. The van der Waals surface area contributed by atoms with Gasteiger partial charge >= 0.3 is 5.97 Å². The van der Waals surface area contributed by atoms with Crippen LogP contribution >= 0.6 is 0 Å². The molecular formula is C6H6N2O4. The first-order chi connectivity index (χ1) is 5.61. The SMILES string of the molecule is O=C(O)Cc1[nH]ccc1[N+](=O)[O-]. The van der Waals surface area contributed by atoms with Gasteiger partial charge in [-0.3, -0.25) is 14.9 Å². The quantitative estimate of drug-likeness (QED) is 0.511. The van der Waals surface area contributed by atoms with Crippen LogP contribution in [-0.4, -0.2) is 21.0 Å². The number of hydrogen-bond donors (Lipinski definition) is 2. The third-order valence-electron chi connectivity index (χ3n) is 1.33. The number of hydrogen-bond acceptors (Lipinski definition) is 3. The van der Waals surface area contributed by atoms with E-state index in [-0.39, 0.29) is 17.8 Å². The second-order valence-electron chi connectivity index (χ2n) is 2.17. The predicted octanol–water partition coefficient (Wildman–Crippen LogP) is 0.550. The van der Waals surface area contributed by atoms with Gasteiger partial charge in [-0.25, -0.2) is 0 Å². The van der Waals surface area contributed by atoms with E-state index in [0.717, 1.165) is 0 Å². The maximum atomic E-state index is 10.3. The molecular weight excluding hydrogens is 164 g/mol. The Labute approximate surface area is 67.0 Å². The second-order valence-corrected chi connectivity index (χ2v) is 2.17. The zero-order valence-electron chi connectivity index (χ0n) is 5.98. The van der Waals surface area contributed by atoms with Gasteiger partial charge < -0.3 is 10.1 Å². The molecule has 0 saturated carbocycles. The molecule has 0 aliphatic rings. The maximum absolute atomic E-state index is 10.3. The molecule has 1 rings (SSSR count). The number of nitrogens with one attached hydrogen (secondary N) is 1. The van der Waals surface area contributed by atoms with Crippen LogP contribution in [0.2, 0.25) is 0 Å². The maximum Gasteiger partial charge on any atom is 0.309 e. The van der Waals surface area contributed by atoms with Crippen LogP contribution < -0.4 is 0 Å². The first kappa shape index (κ1) is 8.25. The highest BCUT2D eigenvalue weighted by Gasteiger charge is 2.16. The zero-order valence-corrected chi connectivity index (χ0v) is 5.98. The fraction of sp³-hybridized carbons (Fsp3) is 0.167. The summed E-state index contributed by atoms with van der Waals surface area (Å²) in [5, 5.41) is 18.6. The summed E-state index contributed by atoms with van der Waals surface area (Å²) in [5.41, 5.74) is -0.0649. The summed E-state index contributed by atoms with van der Waals surface area (Å²) in [7, 11) is 0. The van der Waals surface area contributed by atoms with Gasteiger partial charge in [0.15, 0.2) is 0 Å². The molecule has 1 heterocycles. The van der Waals surface area contributed by atoms with Crippen molar-refractivity contribution in [3.8, 4) is 0 Å². The van der Waals surface area contributed by atoms with E-state index in [1.54, 1.807) is 0 Å². The van der Waals surface area contributed by atoms with E-state index in [2.05, 4.69) is 4.98 Å². The van der Waals surface area contributed by atoms with Crippen LogP contribution in [0.15, 0.2) is 12.3 Å².